The molecule has 0 radical (unpaired) electrons. The third-order valence-corrected chi connectivity index (χ3v) is 4.38. The van der Waals surface area contributed by atoms with Gasteiger partial charge in [0, 0.05) is 17.9 Å². The molecular weight excluding hydrogens is 314 g/mol. The highest BCUT2D eigenvalue weighted by Gasteiger charge is 2.54. The summed E-state index contributed by atoms with van der Waals surface area (Å²) in [5.41, 5.74) is 7.18. The number of Topliss-reactive ketones (excluding diaryl/α,β-unsaturated/α-hetero) is 1. The summed E-state index contributed by atoms with van der Waals surface area (Å²) < 4.78 is 28.1. The SMILES string of the molecule is CC.CC(C)C(=O)c1cc2c(cn1)N=C(N)N1C2CC(F)(F)C1C. The number of guanidine groups is 1. The van der Waals surface area contributed by atoms with E-state index in [2.05, 4.69) is 9.98 Å². The lowest BCUT2D eigenvalue weighted by Crippen LogP contribution is -2.46. The topological polar surface area (TPSA) is 71.6 Å². The number of hydrogen-bond acceptors (Lipinski definition) is 5. The largest absolute Gasteiger partial charge is 0.369 e. The van der Waals surface area contributed by atoms with Crippen LogP contribution in [-0.4, -0.2) is 33.6 Å². The highest BCUT2D eigenvalue weighted by atomic mass is 19.3. The van der Waals surface area contributed by atoms with Crippen LogP contribution in [0.15, 0.2) is 17.3 Å². The quantitative estimate of drug-likeness (QED) is 0.835. The first-order valence-corrected chi connectivity index (χ1v) is 8.27. The average molecular weight is 338 g/mol. The van der Waals surface area contributed by atoms with E-state index in [1.807, 2.05) is 13.8 Å². The van der Waals surface area contributed by atoms with Gasteiger partial charge in [-0.15, -0.1) is 0 Å². The predicted molar refractivity (Wildman–Crippen MR) is 89.6 cm³/mol. The molecule has 1 fully saturated rings. The molecule has 3 heterocycles. The first-order valence-electron chi connectivity index (χ1n) is 8.27. The van der Waals surface area contributed by atoms with Crippen LogP contribution in [0.25, 0.3) is 0 Å². The Balaban J connectivity index is 0.00000100. The third-order valence-electron chi connectivity index (χ3n) is 4.38. The van der Waals surface area contributed by atoms with Crippen molar-refractivity contribution >= 4 is 17.4 Å². The van der Waals surface area contributed by atoms with Crippen LogP contribution in [0.2, 0.25) is 0 Å². The molecule has 2 N–H and O–H groups in total. The Bertz CT molecular complexity index is 673. The number of nitrogens with zero attached hydrogens (tertiary/aromatic N) is 3. The minimum absolute atomic E-state index is 0.0758. The number of aromatic nitrogens is 1. The number of fused-ring (bicyclic) bond motifs is 3. The summed E-state index contributed by atoms with van der Waals surface area (Å²) in [5, 5.41) is 0. The van der Waals surface area contributed by atoms with E-state index in [-0.39, 0.29) is 29.8 Å². The number of ketones is 1. The molecule has 0 aliphatic carbocycles. The summed E-state index contributed by atoms with van der Waals surface area (Å²) in [7, 11) is 0. The number of carbonyl (C=O) groups excluding carboxylic acids is 1. The number of halogens is 2. The van der Waals surface area contributed by atoms with E-state index in [9.17, 15) is 13.6 Å². The lowest BCUT2D eigenvalue weighted by Gasteiger charge is -2.33. The van der Waals surface area contributed by atoms with Gasteiger partial charge in [-0.3, -0.25) is 9.78 Å². The maximum absolute atomic E-state index is 14.1. The van der Waals surface area contributed by atoms with Crippen LogP contribution < -0.4 is 5.73 Å². The Morgan fingerprint density at radius 2 is 2.04 bits per heavy atom. The van der Waals surface area contributed by atoms with E-state index in [0.717, 1.165) is 0 Å². The fourth-order valence-electron chi connectivity index (χ4n) is 3.05. The second kappa shape index (κ2) is 6.45. The molecule has 24 heavy (non-hydrogen) atoms. The Labute approximate surface area is 141 Å². The fraction of sp³-hybridized carbons (Fsp3) is 0.588. The summed E-state index contributed by atoms with van der Waals surface area (Å²) in [6.45, 7) is 8.99. The van der Waals surface area contributed by atoms with Crippen molar-refractivity contribution < 1.29 is 13.6 Å². The van der Waals surface area contributed by atoms with Crippen LogP contribution in [0.4, 0.5) is 14.5 Å². The molecule has 0 amide bonds. The van der Waals surface area contributed by atoms with E-state index in [0.29, 0.717) is 11.3 Å². The molecule has 7 heteroatoms. The Morgan fingerprint density at radius 1 is 1.42 bits per heavy atom. The number of carbonyl (C=O) groups is 1. The molecule has 2 atom stereocenters. The zero-order chi connectivity index (χ0) is 18.2. The van der Waals surface area contributed by atoms with E-state index in [1.54, 1.807) is 19.9 Å². The van der Waals surface area contributed by atoms with Gasteiger partial charge < -0.3 is 10.6 Å². The van der Waals surface area contributed by atoms with Crippen molar-refractivity contribution in [1.29, 1.82) is 0 Å². The molecule has 0 aromatic carbocycles. The summed E-state index contributed by atoms with van der Waals surface area (Å²) >= 11 is 0. The van der Waals surface area contributed by atoms with Gasteiger partial charge in [0.2, 0.25) is 0 Å². The molecule has 0 spiro atoms. The van der Waals surface area contributed by atoms with Crippen molar-refractivity contribution in [3.05, 3.63) is 23.5 Å². The van der Waals surface area contributed by atoms with Gasteiger partial charge in [-0.2, -0.15) is 0 Å². The monoisotopic (exact) mass is 338 g/mol. The Kier molecular flexibility index (Phi) is 4.92. The standard InChI is InChI=1S/C15H18F2N4O.C2H6/c1-7(2)13(22)10-4-9-11(6-19-10)20-14(18)21-8(3)15(16,17)5-12(9)21;1-2/h4,6-8,12H,5H2,1-3H3,(H2,18,20);1-2H3. The van der Waals surface area contributed by atoms with Crippen LogP contribution in [0.5, 0.6) is 0 Å². The van der Waals surface area contributed by atoms with Gasteiger partial charge in [0.1, 0.15) is 5.69 Å². The molecule has 132 valence electrons. The molecule has 1 saturated heterocycles. The maximum Gasteiger partial charge on any atom is 0.270 e. The smallest absolute Gasteiger partial charge is 0.270 e. The lowest BCUT2D eigenvalue weighted by atomic mass is 9.98. The van der Waals surface area contributed by atoms with Crippen molar-refractivity contribution in [2.45, 2.75) is 59.0 Å². The molecular formula is C17H24F2N4O. The van der Waals surface area contributed by atoms with E-state index in [4.69, 9.17) is 5.73 Å². The minimum Gasteiger partial charge on any atom is -0.369 e. The third kappa shape index (κ3) is 2.87. The van der Waals surface area contributed by atoms with Gasteiger partial charge >= 0.3 is 0 Å². The number of hydrogen-bond donors (Lipinski definition) is 1. The fourth-order valence-corrected chi connectivity index (χ4v) is 3.05. The molecule has 2 aliphatic rings. The maximum atomic E-state index is 14.1. The van der Waals surface area contributed by atoms with Crippen LogP contribution in [0.3, 0.4) is 0 Å². The molecule has 2 aliphatic heterocycles. The van der Waals surface area contributed by atoms with E-state index >= 15 is 0 Å². The van der Waals surface area contributed by atoms with Crippen molar-refractivity contribution in [3.8, 4) is 0 Å². The number of pyridine rings is 1. The van der Waals surface area contributed by atoms with Crippen molar-refractivity contribution in [2.24, 2.45) is 16.6 Å². The van der Waals surface area contributed by atoms with Gasteiger partial charge in [-0.1, -0.05) is 27.7 Å². The molecule has 1 aromatic rings. The van der Waals surface area contributed by atoms with Gasteiger partial charge in [-0.25, -0.2) is 13.8 Å². The highest BCUT2D eigenvalue weighted by Crippen LogP contribution is 2.49. The van der Waals surface area contributed by atoms with Gasteiger partial charge in [0.05, 0.1) is 24.0 Å². The highest BCUT2D eigenvalue weighted by molar-refractivity contribution is 5.96. The summed E-state index contributed by atoms with van der Waals surface area (Å²) in [6, 6.07) is -0.00891. The summed E-state index contributed by atoms with van der Waals surface area (Å²) in [5.74, 6) is -3.10. The number of nitrogens with two attached hydrogens (primary N) is 1. The van der Waals surface area contributed by atoms with Crippen LogP contribution in [0.1, 0.15) is 63.1 Å². The molecule has 5 nitrogen and oxygen atoms in total. The van der Waals surface area contributed by atoms with E-state index in [1.165, 1.54) is 18.0 Å². The van der Waals surface area contributed by atoms with Gasteiger partial charge in [-0.05, 0) is 13.0 Å². The second-order valence-corrected chi connectivity index (χ2v) is 6.18. The van der Waals surface area contributed by atoms with E-state index < -0.39 is 18.0 Å². The lowest BCUT2D eigenvalue weighted by molar-refractivity contribution is -0.0169. The van der Waals surface area contributed by atoms with Crippen LogP contribution in [-0.2, 0) is 0 Å². The molecule has 2 unspecified atom stereocenters. The van der Waals surface area contributed by atoms with Crippen molar-refractivity contribution in [2.75, 3.05) is 0 Å². The van der Waals surface area contributed by atoms with Crippen molar-refractivity contribution in [3.63, 3.8) is 0 Å². The predicted octanol–water partition coefficient (Wildman–Crippen LogP) is 3.68. The summed E-state index contributed by atoms with van der Waals surface area (Å²) in [6.07, 6.45) is 1.10. The van der Waals surface area contributed by atoms with Gasteiger partial charge in [0.15, 0.2) is 11.7 Å². The zero-order valence-electron chi connectivity index (χ0n) is 14.7. The van der Waals surface area contributed by atoms with Crippen LogP contribution >= 0.6 is 0 Å². The first-order chi connectivity index (χ1) is 11.2. The van der Waals surface area contributed by atoms with Crippen LogP contribution in [0, 0.1) is 5.92 Å². The second-order valence-electron chi connectivity index (χ2n) is 6.18. The average Bonchev–Trinajstić information content (AvgIpc) is 2.79. The molecule has 0 bridgehead atoms. The Hall–Kier alpha value is -2.05. The summed E-state index contributed by atoms with van der Waals surface area (Å²) in [4.78, 5) is 21.8. The minimum atomic E-state index is -2.85. The molecule has 3 rings (SSSR count). The number of alkyl halides is 2. The first kappa shape index (κ1) is 18.3. The Morgan fingerprint density at radius 3 is 2.62 bits per heavy atom. The number of rotatable bonds is 2. The van der Waals surface area contributed by atoms with Gasteiger partial charge in [0.25, 0.3) is 5.92 Å². The molecule has 0 saturated carbocycles. The molecule has 1 aromatic heterocycles. The van der Waals surface area contributed by atoms with Crippen molar-refractivity contribution in [1.82, 2.24) is 9.88 Å². The number of aliphatic imine (C=N–C) groups is 1. The normalized spacial score (nSPS) is 23.8. The zero-order valence-corrected chi connectivity index (χ0v) is 14.7.